The Bertz CT molecular complexity index is 919. The van der Waals surface area contributed by atoms with E-state index in [9.17, 15) is 9.59 Å². The van der Waals surface area contributed by atoms with Gasteiger partial charge in [-0.2, -0.15) is 0 Å². The van der Waals surface area contributed by atoms with Gasteiger partial charge in [0.2, 0.25) is 0 Å². The normalized spacial score (nSPS) is 12.5. The van der Waals surface area contributed by atoms with Gasteiger partial charge >= 0.3 is 12.1 Å². The van der Waals surface area contributed by atoms with E-state index in [4.69, 9.17) is 25.8 Å². The maximum absolute atomic E-state index is 12.4. The molecule has 8 heteroatoms. The molecule has 0 bridgehead atoms. The van der Waals surface area contributed by atoms with Crippen molar-refractivity contribution in [1.82, 2.24) is 5.32 Å². The van der Waals surface area contributed by atoms with Crippen molar-refractivity contribution in [3.8, 4) is 10.4 Å². The minimum absolute atomic E-state index is 0.120. The molecule has 0 aliphatic carbocycles. The third kappa shape index (κ3) is 8.45. The Morgan fingerprint density at radius 1 is 1.16 bits per heavy atom. The number of alkyl carbamates (subject to hydrolysis) is 1. The van der Waals surface area contributed by atoms with Crippen molar-refractivity contribution in [1.29, 1.82) is 0 Å². The molecular weight excluding hydrogens is 450 g/mol. The SMILES string of the molecule is CCOC(=O)C(Cc1ccc(-c2ccc(Cl)s2)c(CNC(=O)OC(C)(C)C)c1)OC(C)C. The first-order chi connectivity index (χ1) is 15.0. The minimum Gasteiger partial charge on any atom is -0.464 e. The van der Waals surface area contributed by atoms with Gasteiger partial charge in [-0.25, -0.2) is 9.59 Å². The van der Waals surface area contributed by atoms with Crippen molar-refractivity contribution >= 4 is 35.0 Å². The topological polar surface area (TPSA) is 73.9 Å². The highest BCUT2D eigenvalue weighted by atomic mass is 35.5. The molecule has 0 saturated carbocycles. The molecule has 2 aromatic rings. The molecule has 32 heavy (non-hydrogen) atoms. The average molecular weight is 482 g/mol. The van der Waals surface area contributed by atoms with Crippen molar-refractivity contribution in [2.45, 2.75) is 72.3 Å². The van der Waals surface area contributed by atoms with Crippen LogP contribution < -0.4 is 5.32 Å². The standard InChI is InChI=1S/C24H32ClNO5S/c1-7-29-22(27)19(30-15(2)3)13-16-8-9-18(20-10-11-21(25)32-20)17(12-16)14-26-23(28)31-24(4,5)6/h8-12,15,19H,7,13-14H2,1-6H3,(H,26,28). The van der Waals surface area contributed by atoms with Crippen LogP contribution in [-0.4, -0.2) is 36.5 Å². The molecule has 6 nitrogen and oxygen atoms in total. The lowest BCUT2D eigenvalue weighted by Gasteiger charge is -2.21. The van der Waals surface area contributed by atoms with E-state index in [1.165, 1.54) is 11.3 Å². The second-order valence-electron chi connectivity index (χ2n) is 8.58. The van der Waals surface area contributed by atoms with Crippen LogP contribution in [0.25, 0.3) is 10.4 Å². The molecule has 1 unspecified atom stereocenters. The number of halogens is 1. The molecule has 0 saturated heterocycles. The Morgan fingerprint density at radius 3 is 2.44 bits per heavy atom. The van der Waals surface area contributed by atoms with Gasteiger partial charge in [-0.15, -0.1) is 11.3 Å². The molecule has 0 aliphatic heterocycles. The fourth-order valence-electron chi connectivity index (χ4n) is 3.07. The fourth-order valence-corrected chi connectivity index (χ4v) is 4.17. The zero-order valence-electron chi connectivity index (χ0n) is 19.5. The molecule has 0 radical (unpaired) electrons. The highest BCUT2D eigenvalue weighted by molar-refractivity contribution is 7.19. The van der Waals surface area contributed by atoms with Crippen LogP contribution in [0.4, 0.5) is 4.79 Å². The minimum atomic E-state index is -0.705. The smallest absolute Gasteiger partial charge is 0.407 e. The van der Waals surface area contributed by atoms with Gasteiger partial charge in [-0.3, -0.25) is 0 Å². The van der Waals surface area contributed by atoms with Gasteiger partial charge in [0.05, 0.1) is 17.0 Å². The predicted molar refractivity (Wildman–Crippen MR) is 128 cm³/mol. The van der Waals surface area contributed by atoms with Gasteiger partial charge < -0.3 is 19.5 Å². The Labute approximate surface area is 199 Å². The quantitative estimate of drug-likeness (QED) is 0.445. The Balaban J connectivity index is 2.30. The molecule has 2 rings (SSSR count). The lowest BCUT2D eigenvalue weighted by molar-refractivity contribution is -0.159. The van der Waals surface area contributed by atoms with Crippen molar-refractivity contribution in [2.24, 2.45) is 0 Å². The molecule has 0 spiro atoms. The molecule has 1 aromatic heterocycles. The van der Waals surface area contributed by atoms with Gasteiger partial charge in [0, 0.05) is 17.8 Å². The van der Waals surface area contributed by atoms with E-state index >= 15 is 0 Å². The summed E-state index contributed by atoms with van der Waals surface area (Å²) in [6.07, 6.45) is -0.957. The van der Waals surface area contributed by atoms with Crippen molar-refractivity contribution in [3.05, 3.63) is 45.8 Å². The summed E-state index contributed by atoms with van der Waals surface area (Å²) in [7, 11) is 0. The summed E-state index contributed by atoms with van der Waals surface area (Å²) in [6.45, 7) is 11.5. The van der Waals surface area contributed by atoms with Crippen molar-refractivity contribution in [3.63, 3.8) is 0 Å². The van der Waals surface area contributed by atoms with Crippen LogP contribution in [0.5, 0.6) is 0 Å². The third-order valence-electron chi connectivity index (χ3n) is 4.24. The van der Waals surface area contributed by atoms with Crippen LogP contribution >= 0.6 is 22.9 Å². The molecule has 1 atom stereocenters. The van der Waals surface area contributed by atoms with E-state index in [0.717, 1.165) is 21.6 Å². The third-order valence-corrected chi connectivity index (χ3v) is 5.50. The predicted octanol–water partition coefficient (Wildman–Crippen LogP) is 5.99. The summed E-state index contributed by atoms with van der Waals surface area (Å²) < 4.78 is 17.0. The second-order valence-corrected chi connectivity index (χ2v) is 10.3. The van der Waals surface area contributed by atoms with Gasteiger partial charge in [0.15, 0.2) is 6.10 Å². The lowest BCUT2D eigenvalue weighted by atomic mass is 9.99. The lowest BCUT2D eigenvalue weighted by Crippen LogP contribution is -2.32. The monoisotopic (exact) mass is 481 g/mol. The number of rotatable bonds is 9. The van der Waals surface area contributed by atoms with Gasteiger partial charge in [0.1, 0.15) is 5.60 Å². The molecule has 0 aliphatic rings. The number of thiophene rings is 1. The Hall–Kier alpha value is -2.09. The first-order valence-corrected chi connectivity index (χ1v) is 11.8. The van der Waals surface area contributed by atoms with Crippen LogP contribution in [-0.2, 0) is 32.0 Å². The van der Waals surface area contributed by atoms with Crippen molar-refractivity contribution in [2.75, 3.05) is 6.61 Å². The first-order valence-electron chi connectivity index (χ1n) is 10.6. The fraction of sp³-hybridized carbons (Fsp3) is 0.500. The number of hydrogen-bond donors (Lipinski definition) is 1. The van der Waals surface area contributed by atoms with E-state index in [0.29, 0.717) is 17.4 Å². The summed E-state index contributed by atoms with van der Waals surface area (Å²) in [5.74, 6) is -0.385. The number of esters is 1. The maximum Gasteiger partial charge on any atom is 0.407 e. The van der Waals surface area contributed by atoms with Crippen LogP contribution in [0, 0.1) is 0 Å². The van der Waals surface area contributed by atoms with Crippen LogP contribution in [0.15, 0.2) is 30.3 Å². The number of benzene rings is 1. The van der Waals surface area contributed by atoms with E-state index in [-0.39, 0.29) is 18.6 Å². The molecule has 1 heterocycles. The van der Waals surface area contributed by atoms with Crippen LogP contribution in [0.3, 0.4) is 0 Å². The number of carbonyl (C=O) groups excluding carboxylic acids is 2. The average Bonchev–Trinajstić information content (AvgIpc) is 3.10. The van der Waals surface area contributed by atoms with E-state index < -0.39 is 17.8 Å². The van der Waals surface area contributed by atoms with Gasteiger partial charge in [-0.05, 0) is 70.4 Å². The number of amides is 1. The van der Waals surface area contributed by atoms with Crippen molar-refractivity contribution < 1.29 is 23.8 Å². The maximum atomic E-state index is 12.4. The highest BCUT2D eigenvalue weighted by Gasteiger charge is 2.23. The summed E-state index contributed by atoms with van der Waals surface area (Å²) in [4.78, 5) is 25.6. The number of ether oxygens (including phenoxy) is 3. The van der Waals surface area contributed by atoms with Gasteiger partial charge in [0.25, 0.3) is 0 Å². The summed E-state index contributed by atoms with van der Waals surface area (Å²) in [5, 5.41) is 2.82. The largest absolute Gasteiger partial charge is 0.464 e. The number of nitrogens with one attached hydrogen (secondary N) is 1. The second kappa shape index (κ2) is 11.7. The number of hydrogen-bond acceptors (Lipinski definition) is 6. The molecule has 1 amide bonds. The molecule has 0 fully saturated rings. The highest BCUT2D eigenvalue weighted by Crippen LogP contribution is 2.34. The number of carbonyl (C=O) groups is 2. The summed E-state index contributed by atoms with van der Waals surface area (Å²) >= 11 is 7.60. The Morgan fingerprint density at radius 2 is 1.88 bits per heavy atom. The molecule has 1 N–H and O–H groups in total. The van der Waals surface area contributed by atoms with E-state index in [2.05, 4.69) is 5.32 Å². The first kappa shape index (κ1) is 26.2. The van der Waals surface area contributed by atoms with E-state index in [1.807, 2.05) is 65.0 Å². The van der Waals surface area contributed by atoms with Crippen LogP contribution in [0.1, 0.15) is 52.7 Å². The van der Waals surface area contributed by atoms with E-state index in [1.54, 1.807) is 6.92 Å². The summed E-state index contributed by atoms with van der Waals surface area (Å²) in [5.41, 5.74) is 2.16. The summed E-state index contributed by atoms with van der Waals surface area (Å²) in [6, 6.07) is 9.68. The molecule has 176 valence electrons. The zero-order chi connectivity index (χ0) is 23.9. The van der Waals surface area contributed by atoms with Crippen LogP contribution in [0.2, 0.25) is 4.34 Å². The van der Waals surface area contributed by atoms with Gasteiger partial charge in [-0.1, -0.05) is 29.8 Å². The molecule has 1 aromatic carbocycles. The zero-order valence-corrected chi connectivity index (χ0v) is 21.1. The molecular formula is C24H32ClNO5S. The Kier molecular flexibility index (Phi) is 9.55.